The third-order valence-corrected chi connectivity index (χ3v) is 8.65. The van der Waals surface area contributed by atoms with E-state index in [1.165, 1.54) is 20.5 Å². The fourth-order valence-corrected chi connectivity index (χ4v) is 6.38. The van der Waals surface area contributed by atoms with E-state index in [1.807, 2.05) is 23.1 Å². The number of carbonyl (C=O) groups is 2. The summed E-state index contributed by atoms with van der Waals surface area (Å²) in [5.41, 5.74) is 0.690. The van der Waals surface area contributed by atoms with Gasteiger partial charge in [0.1, 0.15) is 11.2 Å². The normalized spacial score (nSPS) is 16.4. The Balaban J connectivity index is 1.15. The van der Waals surface area contributed by atoms with Crippen LogP contribution in [-0.2, 0) is 29.2 Å². The Labute approximate surface area is 236 Å². The molecule has 1 fully saturated rings. The number of thiophene rings is 1. The van der Waals surface area contributed by atoms with Gasteiger partial charge in [-0.1, -0.05) is 19.4 Å². The zero-order valence-corrected chi connectivity index (χ0v) is 23.7. The number of amides is 2. The molecule has 0 saturated carbocycles. The van der Waals surface area contributed by atoms with Crippen molar-refractivity contribution in [1.29, 1.82) is 0 Å². The van der Waals surface area contributed by atoms with Gasteiger partial charge in [-0.25, -0.2) is 4.79 Å². The first kappa shape index (κ1) is 27.9. The number of fused-ring (bicyclic) bond motifs is 2. The van der Waals surface area contributed by atoms with Crippen molar-refractivity contribution in [3.8, 4) is 11.5 Å². The van der Waals surface area contributed by atoms with Gasteiger partial charge in [-0.2, -0.15) is 0 Å². The molecule has 3 aromatic rings. The number of likely N-dealkylation sites (tertiary alicyclic amines) is 1. The summed E-state index contributed by atoms with van der Waals surface area (Å²) < 4.78 is 13.9. The van der Waals surface area contributed by atoms with Crippen molar-refractivity contribution in [1.82, 2.24) is 19.4 Å². The molecule has 11 heteroatoms. The number of hydrogen-bond acceptors (Lipinski definition) is 7. The zero-order valence-electron chi connectivity index (χ0n) is 22.9. The van der Waals surface area contributed by atoms with Crippen molar-refractivity contribution in [3.63, 3.8) is 0 Å². The van der Waals surface area contributed by atoms with Gasteiger partial charge >= 0.3 is 5.69 Å². The third-order valence-electron chi connectivity index (χ3n) is 7.76. The minimum atomic E-state index is -0.448. The quantitative estimate of drug-likeness (QED) is 0.354. The van der Waals surface area contributed by atoms with Crippen LogP contribution >= 0.6 is 11.3 Å². The van der Waals surface area contributed by atoms with Crippen LogP contribution in [0.4, 0.5) is 0 Å². The highest BCUT2D eigenvalue weighted by Crippen LogP contribution is 2.32. The van der Waals surface area contributed by atoms with Crippen LogP contribution in [0.3, 0.4) is 0 Å². The van der Waals surface area contributed by atoms with Crippen molar-refractivity contribution in [2.24, 2.45) is 0 Å². The summed E-state index contributed by atoms with van der Waals surface area (Å²) in [7, 11) is 0. The predicted molar refractivity (Wildman–Crippen MR) is 153 cm³/mol. The molecule has 0 unspecified atom stereocenters. The van der Waals surface area contributed by atoms with Gasteiger partial charge in [0.05, 0.1) is 5.52 Å². The Hall–Kier alpha value is -3.60. The molecule has 4 heterocycles. The number of nitrogens with zero attached hydrogens (tertiary/aromatic N) is 3. The fraction of sp³-hybridized carbons (Fsp3) is 0.517. The molecule has 2 aliphatic heterocycles. The fourth-order valence-electron chi connectivity index (χ4n) is 5.53. The van der Waals surface area contributed by atoms with E-state index >= 15 is 0 Å². The monoisotopic (exact) mass is 568 g/mol. The lowest BCUT2D eigenvalue weighted by atomic mass is 10.00. The number of aromatic nitrogens is 2. The molecular weight excluding hydrogens is 532 g/mol. The molecule has 0 spiro atoms. The van der Waals surface area contributed by atoms with Crippen LogP contribution in [0.5, 0.6) is 11.5 Å². The maximum Gasteiger partial charge on any atom is 0.332 e. The maximum atomic E-state index is 13.4. The van der Waals surface area contributed by atoms with Crippen molar-refractivity contribution in [2.75, 3.05) is 13.3 Å². The zero-order chi connectivity index (χ0) is 28.1. The van der Waals surface area contributed by atoms with Crippen LogP contribution in [0.25, 0.3) is 10.2 Å². The first-order valence-electron chi connectivity index (χ1n) is 14.1. The van der Waals surface area contributed by atoms with E-state index in [4.69, 9.17) is 9.47 Å². The molecule has 1 N–H and O–H groups in total. The standard InChI is InChI=1S/C29H36N4O6S/c1-2-21-8-5-7-13-31(21)26(35)18-33-22-12-15-40-27(22)28(36)32(29(33)37)14-6-3-4-9-25(34)30-17-20-10-11-23-24(16-20)39-19-38-23/h10-12,15-16,21H,2-9,13-14,17-19H2,1H3,(H,30,34)/t21-/m1/s1. The minimum absolute atomic E-state index is 0.0567. The highest BCUT2D eigenvalue weighted by atomic mass is 32.1. The largest absolute Gasteiger partial charge is 0.454 e. The Morgan fingerprint density at radius 3 is 2.75 bits per heavy atom. The molecule has 0 bridgehead atoms. The van der Waals surface area contributed by atoms with Gasteiger partial charge in [0.2, 0.25) is 18.6 Å². The van der Waals surface area contributed by atoms with Gasteiger partial charge < -0.3 is 19.7 Å². The van der Waals surface area contributed by atoms with Gasteiger partial charge in [-0.15, -0.1) is 11.3 Å². The summed E-state index contributed by atoms with van der Waals surface area (Å²) in [6.07, 6.45) is 6.24. The highest BCUT2D eigenvalue weighted by Gasteiger charge is 2.26. The van der Waals surface area contributed by atoms with E-state index in [2.05, 4.69) is 12.2 Å². The van der Waals surface area contributed by atoms with Crippen LogP contribution in [-0.4, -0.2) is 45.2 Å². The van der Waals surface area contributed by atoms with E-state index in [0.29, 0.717) is 60.5 Å². The smallest absolute Gasteiger partial charge is 0.332 e. The van der Waals surface area contributed by atoms with Gasteiger partial charge in [0.15, 0.2) is 11.5 Å². The average Bonchev–Trinajstić information content (AvgIpc) is 3.65. The second kappa shape index (κ2) is 12.7. The van der Waals surface area contributed by atoms with E-state index in [-0.39, 0.29) is 43.3 Å². The molecular formula is C29H36N4O6S. The summed E-state index contributed by atoms with van der Waals surface area (Å²) in [5.74, 6) is 1.26. The van der Waals surface area contributed by atoms with Gasteiger partial charge in [0.25, 0.3) is 5.56 Å². The van der Waals surface area contributed by atoms with Crippen LogP contribution in [0, 0.1) is 0 Å². The van der Waals surface area contributed by atoms with E-state index in [1.54, 1.807) is 11.4 Å². The highest BCUT2D eigenvalue weighted by molar-refractivity contribution is 7.17. The topological polar surface area (TPSA) is 112 Å². The Morgan fingerprint density at radius 2 is 1.90 bits per heavy atom. The third kappa shape index (κ3) is 6.09. The average molecular weight is 569 g/mol. The van der Waals surface area contributed by atoms with E-state index in [9.17, 15) is 19.2 Å². The second-order valence-electron chi connectivity index (χ2n) is 10.4. The molecule has 2 aliphatic rings. The first-order valence-corrected chi connectivity index (χ1v) is 15.0. The molecule has 0 radical (unpaired) electrons. The van der Waals surface area contributed by atoms with Crippen molar-refractivity contribution >= 4 is 33.4 Å². The summed E-state index contributed by atoms with van der Waals surface area (Å²) >= 11 is 1.29. The Morgan fingerprint density at radius 1 is 1.05 bits per heavy atom. The number of hydrogen-bond donors (Lipinski definition) is 1. The lowest BCUT2D eigenvalue weighted by Crippen LogP contribution is -2.47. The van der Waals surface area contributed by atoms with E-state index in [0.717, 1.165) is 31.2 Å². The first-order chi connectivity index (χ1) is 19.5. The molecule has 40 heavy (non-hydrogen) atoms. The Kier molecular flexibility index (Phi) is 8.88. The molecule has 0 aliphatic carbocycles. The number of unbranched alkanes of at least 4 members (excludes halogenated alkanes) is 2. The van der Waals surface area contributed by atoms with Crippen molar-refractivity contribution < 1.29 is 19.1 Å². The second-order valence-corrected chi connectivity index (χ2v) is 11.3. The number of ether oxygens (including phenoxy) is 2. The summed E-state index contributed by atoms with van der Waals surface area (Å²) in [6, 6.07) is 7.54. The van der Waals surface area contributed by atoms with Gasteiger partial charge in [0, 0.05) is 32.1 Å². The van der Waals surface area contributed by atoms with Crippen LogP contribution in [0.1, 0.15) is 63.9 Å². The lowest BCUT2D eigenvalue weighted by molar-refractivity contribution is -0.135. The Bertz CT molecular complexity index is 1490. The van der Waals surface area contributed by atoms with Crippen LogP contribution in [0.2, 0.25) is 0 Å². The predicted octanol–water partition coefficient (Wildman–Crippen LogP) is 3.62. The number of piperidine rings is 1. The minimum Gasteiger partial charge on any atom is -0.454 e. The molecule has 1 atom stereocenters. The molecule has 5 rings (SSSR count). The summed E-state index contributed by atoms with van der Waals surface area (Å²) in [5, 5.41) is 4.70. The number of benzene rings is 1. The lowest BCUT2D eigenvalue weighted by Gasteiger charge is -2.35. The molecule has 1 saturated heterocycles. The molecule has 2 amide bonds. The molecule has 2 aromatic heterocycles. The molecule has 10 nitrogen and oxygen atoms in total. The molecule has 1 aromatic carbocycles. The number of rotatable bonds is 11. The number of carbonyl (C=O) groups excluding carboxylic acids is 2. The molecule has 214 valence electrons. The van der Waals surface area contributed by atoms with Crippen LogP contribution < -0.4 is 26.0 Å². The maximum absolute atomic E-state index is 13.4. The summed E-state index contributed by atoms with van der Waals surface area (Å²) in [4.78, 5) is 54.0. The van der Waals surface area contributed by atoms with E-state index < -0.39 is 5.69 Å². The van der Waals surface area contributed by atoms with Gasteiger partial charge in [-0.3, -0.25) is 23.5 Å². The van der Waals surface area contributed by atoms with Gasteiger partial charge in [-0.05, 0) is 67.7 Å². The number of nitrogens with one attached hydrogen (secondary N) is 1. The van der Waals surface area contributed by atoms with Crippen LogP contribution in [0.15, 0.2) is 39.2 Å². The van der Waals surface area contributed by atoms with Crippen molar-refractivity contribution in [2.45, 2.75) is 84.0 Å². The summed E-state index contributed by atoms with van der Waals surface area (Å²) in [6.45, 7) is 3.60. The SMILES string of the molecule is CC[C@@H]1CCCCN1C(=O)Cn1c(=O)n(CCCCCC(=O)NCc2ccc3c(c2)OCO3)c(=O)c2sccc21. The van der Waals surface area contributed by atoms with Crippen molar-refractivity contribution in [3.05, 3.63) is 56.0 Å².